The number of halogens is 1. The van der Waals surface area contributed by atoms with E-state index >= 15 is 0 Å². The maximum absolute atomic E-state index is 13.1. The third-order valence-corrected chi connectivity index (χ3v) is 4.35. The van der Waals surface area contributed by atoms with Crippen molar-refractivity contribution < 1.29 is 18.7 Å². The van der Waals surface area contributed by atoms with Gasteiger partial charge in [-0.1, -0.05) is 30.3 Å². The summed E-state index contributed by atoms with van der Waals surface area (Å²) < 4.78 is 18.4. The first kappa shape index (κ1) is 17.9. The third-order valence-electron chi connectivity index (χ3n) is 4.35. The van der Waals surface area contributed by atoms with Crippen molar-refractivity contribution in [1.82, 2.24) is 0 Å². The number of hydrogen-bond donors (Lipinski definition) is 0. The van der Waals surface area contributed by atoms with E-state index in [1.165, 1.54) is 24.3 Å². The molecule has 2 atom stereocenters. The topological polar surface area (TPSA) is 46.6 Å². The molecule has 0 aliphatic carbocycles. The smallest absolute Gasteiger partial charge is 0.331 e. The van der Waals surface area contributed by atoms with Gasteiger partial charge in [-0.3, -0.25) is 4.79 Å². The lowest BCUT2D eigenvalue weighted by Crippen LogP contribution is -2.43. The number of anilines is 1. The van der Waals surface area contributed by atoms with E-state index in [0.717, 1.165) is 17.7 Å². The first-order valence-corrected chi connectivity index (χ1v) is 8.51. The van der Waals surface area contributed by atoms with Crippen LogP contribution in [0.2, 0.25) is 0 Å². The Morgan fingerprint density at radius 1 is 1.23 bits per heavy atom. The Morgan fingerprint density at radius 2 is 2.00 bits per heavy atom. The molecule has 0 spiro atoms. The predicted octanol–water partition coefficient (Wildman–Crippen LogP) is 3.75. The lowest BCUT2D eigenvalue weighted by Gasteiger charge is -2.25. The molecule has 0 N–H and O–H groups in total. The number of carbonyl (C=O) groups excluding carboxylic acids is 2. The van der Waals surface area contributed by atoms with Crippen LogP contribution in [0.5, 0.6) is 0 Å². The van der Waals surface area contributed by atoms with Crippen LogP contribution in [0.15, 0.2) is 54.6 Å². The third kappa shape index (κ3) is 3.82. The number of para-hydroxylation sites is 1. The minimum atomic E-state index is -0.909. The van der Waals surface area contributed by atoms with E-state index < -0.39 is 12.1 Å². The van der Waals surface area contributed by atoms with Crippen LogP contribution in [0.3, 0.4) is 0 Å². The second-order valence-electron chi connectivity index (χ2n) is 6.36. The highest BCUT2D eigenvalue weighted by Gasteiger charge is 2.34. The lowest BCUT2D eigenvalue weighted by atomic mass is 10.1. The van der Waals surface area contributed by atoms with Gasteiger partial charge < -0.3 is 9.64 Å². The number of rotatable bonds is 4. The van der Waals surface area contributed by atoms with Crippen molar-refractivity contribution in [2.45, 2.75) is 32.4 Å². The monoisotopic (exact) mass is 353 g/mol. The van der Waals surface area contributed by atoms with E-state index in [1.807, 2.05) is 31.2 Å². The van der Waals surface area contributed by atoms with Crippen molar-refractivity contribution in [3.63, 3.8) is 0 Å². The number of carbonyl (C=O) groups is 2. The van der Waals surface area contributed by atoms with Gasteiger partial charge in [0.1, 0.15) is 5.82 Å². The molecule has 26 heavy (non-hydrogen) atoms. The number of fused-ring (bicyclic) bond motifs is 1. The Labute approximate surface area is 151 Å². The van der Waals surface area contributed by atoms with Crippen LogP contribution in [0.25, 0.3) is 6.08 Å². The van der Waals surface area contributed by atoms with Gasteiger partial charge in [-0.15, -0.1) is 0 Å². The molecule has 0 fully saturated rings. The molecule has 0 aromatic heterocycles. The number of amides is 1. The van der Waals surface area contributed by atoms with E-state index in [2.05, 4.69) is 0 Å². The molecule has 1 heterocycles. The normalized spacial score (nSPS) is 17.2. The first-order valence-electron chi connectivity index (χ1n) is 8.51. The Kier molecular flexibility index (Phi) is 5.16. The number of benzene rings is 2. The second-order valence-corrected chi connectivity index (χ2v) is 6.36. The Balaban J connectivity index is 1.65. The van der Waals surface area contributed by atoms with Crippen LogP contribution in [0, 0.1) is 5.82 Å². The van der Waals surface area contributed by atoms with Gasteiger partial charge in [-0.2, -0.15) is 0 Å². The highest BCUT2D eigenvalue weighted by molar-refractivity contribution is 6.00. The summed E-state index contributed by atoms with van der Waals surface area (Å²) in [4.78, 5) is 26.4. The van der Waals surface area contributed by atoms with Crippen LogP contribution < -0.4 is 4.90 Å². The molecule has 0 saturated heterocycles. The minimum Gasteiger partial charge on any atom is -0.449 e. The van der Waals surface area contributed by atoms with Gasteiger partial charge in [-0.05, 0) is 55.7 Å². The van der Waals surface area contributed by atoms with Crippen molar-refractivity contribution in [2.75, 3.05) is 4.90 Å². The summed E-state index contributed by atoms with van der Waals surface area (Å²) in [5.74, 6) is -1.28. The van der Waals surface area contributed by atoms with Crippen molar-refractivity contribution in [3.8, 4) is 0 Å². The van der Waals surface area contributed by atoms with Gasteiger partial charge in [0, 0.05) is 17.8 Å². The summed E-state index contributed by atoms with van der Waals surface area (Å²) in [5.41, 5.74) is 2.52. The fourth-order valence-electron chi connectivity index (χ4n) is 3.14. The second kappa shape index (κ2) is 7.52. The molecule has 2 aromatic rings. The summed E-state index contributed by atoms with van der Waals surface area (Å²) in [7, 11) is 0. The molecule has 134 valence electrons. The average molecular weight is 353 g/mol. The molecule has 0 unspecified atom stereocenters. The number of hydrogen-bond acceptors (Lipinski definition) is 3. The molecule has 0 bridgehead atoms. The van der Waals surface area contributed by atoms with Gasteiger partial charge >= 0.3 is 5.97 Å². The highest BCUT2D eigenvalue weighted by atomic mass is 19.1. The molecule has 0 saturated carbocycles. The minimum absolute atomic E-state index is 0.0175. The molecule has 1 aliphatic rings. The summed E-state index contributed by atoms with van der Waals surface area (Å²) in [6.45, 7) is 3.53. The zero-order valence-corrected chi connectivity index (χ0v) is 14.7. The maximum atomic E-state index is 13.1. The fraction of sp³-hybridized carbons (Fsp3) is 0.238. The zero-order valence-electron chi connectivity index (χ0n) is 14.7. The summed E-state index contributed by atoms with van der Waals surface area (Å²) in [6, 6.07) is 13.6. The van der Waals surface area contributed by atoms with Gasteiger partial charge in [0.05, 0.1) is 0 Å². The molecule has 1 aliphatic heterocycles. The summed E-state index contributed by atoms with van der Waals surface area (Å²) in [5, 5.41) is 0. The first-order chi connectivity index (χ1) is 12.5. The van der Waals surface area contributed by atoms with Crippen molar-refractivity contribution in [1.29, 1.82) is 0 Å². The number of nitrogens with zero attached hydrogens (tertiary/aromatic N) is 1. The molecule has 1 amide bonds. The lowest BCUT2D eigenvalue weighted by molar-refractivity contribution is -0.149. The molecular formula is C21H20FNO3. The number of esters is 1. The molecule has 0 radical (unpaired) electrons. The van der Waals surface area contributed by atoms with Crippen molar-refractivity contribution >= 4 is 23.6 Å². The van der Waals surface area contributed by atoms with Gasteiger partial charge in [-0.25, -0.2) is 9.18 Å². The standard InChI is InChI=1S/C21H20FNO3/c1-14-12-17-7-3-4-9-19(17)23(14)21(25)15(2)26-20(24)11-10-16-6-5-8-18(22)13-16/h3-11,13-15H,12H2,1-2H3/b11-10+/t14-,15-/m1/s1. The average Bonchev–Trinajstić information content (AvgIpc) is 2.95. The summed E-state index contributed by atoms with van der Waals surface area (Å²) >= 11 is 0. The van der Waals surface area contributed by atoms with Crippen LogP contribution in [-0.4, -0.2) is 24.0 Å². The van der Waals surface area contributed by atoms with Gasteiger partial charge in [0.25, 0.3) is 5.91 Å². The van der Waals surface area contributed by atoms with Crippen LogP contribution in [0.1, 0.15) is 25.0 Å². The molecular weight excluding hydrogens is 333 g/mol. The Hall–Kier alpha value is -2.95. The van der Waals surface area contributed by atoms with Crippen molar-refractivity contribution in [2.24, 2.45) is 0 Å². The fourth-order valence-corrected chi connectivity index (χ4v) is 3.14. The van der Waals surface area contributed by atoms with E-state index in [9.17, 15) is 14.0 Å². The molecule has 5 heteroatoms. The predicted molar refractivity (Wildman–Crippen MR) is 98.1 cm³/mol. The highest BCUT2D eigenvalue weighted by Crippen LogP contribution is 2.32. The maximum Gasteiger partial charge on any atom is 0.331 e. The zero-order chi connectivity index (χ0) is 18.7. The van der Waals surface area contributed by atoms with Gasteiger partial charge in [0.15, 0.2) is 6.10 Å². The van der Waals surface area contributed by atoms with Crippen molar-refractivity contribution in [3.05, 3.63) is 71.6 Å². The molecule has 3 rings (SSSR count). The Morgan fingerprint density at radius 3 is 2.77 bits per heavy atom. The van der Waals surface area contributed by atoms with E-state index in [-0.39, 0.29) is 17.8 Å². The molecule has 4 nitrogen and oxygen atoms in total. The van der Waals surface area contributed by atoms with E-state index in [0.29, 0.717) is 5.56 Å². The SMILES string of the molecule is C[C@@H]1Cc2ccccc2N1C(=O)[C@@H](C)OC(=O)/C=C/c1cccc(F)c1. The van der Waals surface area contributed by atoms with E-state index in [4.69, 9.17) is 4.74 Å². The van der Waals surface area contributed by atoms with Crippen LogP contribution in [0.4, 0.5) is 10.1 Å². The summed E-state index contributed by atoms with van der Waals surface area (Å²) in [6.07, 6.45) is 2.52. The van der Waals surface area contributed by atoms with E-state index in [1.54, 1.807) is 24.0 Å². The van der Waals surface area contributed by atoms with Crippen LogP contribution in [-0.2, 0) is 20.7 Å². The quantitative estimate of drug-likeness (QED) is 0.621. The van der Waals surface area contributed by atoms with Gasteiger partial charge in [0.2, 0.25) is 0 Å². The number of ether oxygens (including phenoxy) is 1. The Bertz CT molecular complexity index is 862. The largest absolute Gasteiger partial charge is 0.449 e. The van der Waals surface area contributed by atoms with Crippen LogP contribution >= 0.6 is 0 Å². The molecule has 2 aromatic carbocycles.